The van der Waals surface area contributed by atoms with E-state index in [-0.39, 0.29) is 17.6 Å². The van der Waals surface area contributed by atoms with Gasteiger partial charge in [-0.3, -0.25) is 4.72 Å². The molecule has 4 saturated carbocycles. The molecular weight excluding hydrogens is 554 g/mol. The van der Waals surface area contributed by atoms with E-state index in [0.717, 1.165) is 50.5 Å². The number of anilines is 3. The van der Waals surface area contributed by atoms with Crippen LogP contribution in [-0.2, 0) is 21.2 Å². The summed E-state index contributed by atoms with van der Waals surface area (Å²) in [4.78, 5) is 21.5. The zero-order valence-corrected chi connectivity index (χ0v) is 25.6. The summed E-state index contributed by atoms with van der Waals surface area (Å²) in [5, 5.41) is 19.6. The number of amides is 1. The molecule has 1 amide bonds. The number of hydrogen-bond donors (Lipinski definition) is 4. The summed E-state index contributed by atoms with van der Waals surface area (Å²) in [7, 11) is -3.31. The first-order valence-electron chi connectivity index (χ1n) is 14.6. The zero-order valence-electron chi connectivity index (χ0n) is 24.7. The first kappa shape index (κ1) is 29.9. The molecule has 6 rings (SSSR count). The number of nitrogens with one attached hydrogen (secondary N) is 4. The number of alkyl carbamates (subject to hydrolysis) is 1. The van der Waals surface area contributed by atoms with E-state index >= 15 is 0 Å². The maximum Gasteiger partial charge on any atom is 0.407 e. The maximum atomic E-state index is 12.5. The molecule has 0 radical (unpaired) electrons. The van der Waals surface area contributed by atoms with E-state index in [1.165, 1.54) is 0 Å². The molecule has 226 valence electrons. The predicted molar refractivity (Wildman–Crippen MR) is 161 cm³/mol. The summed E-state index contributed by atoms with van der Waals surface area (Å²) >= 11 is 0. The zero-order chi connectivity index (χ0) is 30.1. The van der Waals surface area contributed by atoms with Gasteiger partial charge in [0.2, 0.25) is 16.0 Å². The lowest BCUT2D eigenvalue weighted by atomic mass is 9.48. The molecular formula is C30H41N7O4S. The molecule has 42 heavy (non-hydrogen) atoms. The van der Waals surface area contributed by atoms with Crippen molar-refractivity contribution >= 4 is 33.6 Å². The Kier molecular flexibility index (Phi) is 8.25. The number of ether oxygens (including phenoxy) is 1. The number of rotatable bonds is 10. The lowest BCUT2D eigenvalue weighted by Crippen LogP contribution is -2.60. The molecule has 4 fully saturated rings. The minimum Gasteiger partial charge on any atom is -0.444 e. The molecule has 0 spiro atoms. The Hall–Kier alpha value is -3.59. The molecule has 0 saturated heterocycles. The molecule has 2 aromatic rings. The Labute approximate surface area is 248 Å². The second kappa shape index (κ2) is 11.6. The third-order valence-corrected chi connectivity index (χ3v) is 9.18. The highest BCUT2D eigenvalue weighted by Crippen LogP contribution is 2.60. The first-order chi connectivity index (χ1) is 19.8. The largest absolute Gasteiger partial charge is 0.444 e. The quantitative estimate of drug-likeness (QED) is 0.310. The van der Waals surface area contributed by atoms with E-state index in [9.17, 15) is 18.5 Å². The van der Waals surface area contributed by atoms with Crippen molar-refractivity contribution in [2.45, 2.75) is 70.9 Å². The number of sulfonamides is 1. The van der Waals surface area contributed by atoms with Gasteiger partial charge in [0.05, 0.1) is 12.5 Å². The third-order valence-electron chi connectivity index (χ3n) is 8.58. The van der Waals surface area contributed by atoms with Gasteiger partial charge in [-0.2, -0.15) is 10.2 Å². The molecule has 0 aliphatic heterocycles. The molecule has 4 aliphatic rings. The number of aromatic nitrogens is 2. The summed E-state index contributed by atoms with van der Waals surface area (Å²) < 4.78 is 30.8. The van der Waals surface area contributed by atoms with Gasteiger partial charge in [0, 0.05) is 24.8 Å². The average Bonchev–Trinajstić information content (AvgIpc) is 2.88. The van der Waals surface area contributed by atoms with Gasteiger partial charge in [-0.05, 0) is 100 Å². The van der Waals surface area contributed by atoms with E-state index in [1.54, 1.807) is 18.3 Å². The smallest absolute Gasteiger partial charge is 0.407 e. The molecule has 1 aromatic carbocycles. The van der Waals surface area contributed by atoms with Gasteiger partial charge < -0.3 is 20.7 Å². The van der Waals surface area contributed by atoms with Crippen LogP contribution in [-0.4, -0.2) is 55.5 Å². The number of carbonyl (C=O) groups excluding carboxylic acids is 1. The van der Waals surface area contributed by atoms with Crippen LogP contribution in [0.4, 0.5) is 22.2 Å². The highest BCUT2D eigenvalue weighted by atomic mass is 32.2. The Morgan fingerprint density at radius 2 is 1.81 bits per heavy atom. The van der Waals surface area contributed by atoms with E-state index in [1.807, 2.05) is 32.9 Å². The maximum absolute atomic E-state index is 12.5. The van der Waals surface area contributed by atoms with Gasteiger partial charge in [0.25, 0.3) is 0 Å². The van der Waals surface area contributed by atoms with Crippen LogP contribution in [0.1, 0.15) is 64.0 Å². The monoisotopic (exact) mass is 595 g/mol. The van der Waals surface area contributed by atoms with Crippen LogP contribution in [0.2, 0.25) is 0 Å². The summed E-state index contributed by atoms with van der Waals surface area (Å²) in [5.41, 5.74) is 1.56. The lowest BCUT2D eigenvalue weighted by molar-refractivity contribution is -0.0703. The number of carbonyl (C=O) groups is 1. The predicted octanol–water partition coefficient (Wildman–Crippen LogP) is 4.51. The topological polar surface area (TPSA) is 158 Å². The number of nitriles is 1. The summed E-state index contributed by atoms with van der Waals surface area (Å²) in [6.07, 6.45) is 8.53. The van der Waals surface area contributed by atoms with E-state index in [4.69, 9.17) is 4.74 Å². The van der Waals surface area contributed by atoms with Crippen LogP contribution in [0.3, 0.4) is 0 Å². The van der Waals surface area contributed by atoms with E-state index < -0.39 is 15.6 Å². The molecule has 1 aromatic heterocycles. The van der Waals surface area contributed by atoms with Crippen molar-refractivity contribution in [3.63, 3.8) is 0 Å². The Bertz CT molecular complexity index is 1430. The van der Waals surface area contributed by atoms with Gasteiger partial charge in [0.1, 0.15) is 23.1 Å². The number of hydrogen-bond acceptors (Lipinski definition) is 9. The molecule has 1 heterocycles. The summed E-state index contributed by atoms with van der Waals surface area (Å²) in [6, 6.07) is 9.58. The van der Waals surface area contributed by atoms with Gasteiger partial charge in [-0.25, -0.2) is 18.2 Å². The van der Waals surface area contributed by atoms with E-state index in [2.05, 4.69) is 36.7 Å². The van der Waals surface area contributed by atoms with Crippen LogP contribution in [0.5, 0.6) is 0 Å². The van der Waals surface area contributed by atoms with Crippen LogP contribution >= 0.6 is 0 Å². The highest BCUT2D eigenvalue weighted by Gasteiger charge is 2.55. The Balaban J connectivity index is 1.17. The fourth-order valence-corrected chi connectivity index (χ4v) is 7.88. The van der Waals surface area contributed by atoms with Crippen LogP contribution in [0.15, 0.2) is 30.5 Å². The SMILES string of the molecule is CC(C)(C)OC(=O)NC1[C@@H]2CC3C[C@H]1CC(CNc1nc(NCCc4ccc(NS(C)(=O)=O)cc4)ncc1C#N)(C3)C2. The molecule has 3 unspecified atom stereocenters. The van der Waals surface area contributed by atoms with Gasteiger partial charge in [-0.15, -0.1) is 0 Å². The normalized spacial score (nSPS) is 26.3. The highest BCUT2D eigenvalue weighted by molar-refractivity contribution is 7.92. The molecule has 4 bridgehead atoms. The van der Waals surface area contributed by atoms with Crippen molar-refractivity contribution in [2.24, 2.45) is 23.2 Å². The van der Waals surface area contributed by atoms with Crippen LogP contribution in [0, 0.1) is 34.5 Å². The summed E-state index contributed by atoms with van der Waals surface area (Å²) in [6.45, 7) is 6.96. The molecule has 12 heteroatoms. The average molecular weight is 596 g/mol. The fourth-order valence-electron chi connectivity index (χ4n) is 7.32. The third kappa shape index (κ3) is 7.43. The standard InChI is InChI=1S/C30H41N7O4S/c1-29(2,3)41-28(38)35-25-21-11-20-12-22(25)15-30(13-20,14-21)18-34-26-23(16-31)17-33-27(36-26)32-10-9-19-5-7-24(8-6-19)37-42(4,39)40/h5-8,17,20-22,25,37H,9-15,18H2,1-4H3,(H,35,38)(H2,32,33,34,36)/t20?,21-,22+,25?,30?. The number of benzene rings is 1. The van der Waals surface area contributed by atoms with Crippen molar-refractivity contribution in [1.82, 2.24) is 15.3 Å². The van der Waals surface area contributed by atoms with Crippen LogP contribution < -0.4 is 20.7 Å². The van der Waals surface area contributed by atoms with Crippen molar-refractivity contribution in [1.29, 1.82) is 5.26 Å². The van der Waals surface area contributed by atoms with Crippen LogP contribution in [0.25, 0.3) is 0 Å². The Morgan fingerprint density at radius 3 is 2.43 bits per heavy atom. The lowest BCUT2D eigenvalue weighted by Gasteiger charge is -2.60. The van der Waals surface area contributed by atoms with Gasteiger partial charge in [0.15, 0.2) is 0 Å². The fraction of sp³-hybridized carbons (Fsp3) is 0.600. The first-order valence-corrected chi connectivity index (χ1v) is 16.5. The molecule has 4 N–H and O–H groups in total. The van der Waals surface area contributed by atoms with Crippen molar-refractivity contribution in [3.05, 3.63) is 41.6 Å². The van der Waals surface area contributed by atoms with Crippen molar-refractivity contribution < 1.29 is 17.9 Å². The van der Waals surface area contributed by atoms with Gasteiger partial charge in [-0.1, -0.05) is 12.1 Å². The van der Waals surface area contributed by atoms with Gasteiger partial charge >= 0.3 is 6.09 Å². The second-order valence-electron chi connectivity index (χ2n) is 13.3. The minimum atomic E-state index is -3.31. The number of nitrogens with zero attached hydrogens (tertiary/aromatic N) is 3. The minimum absolute atomic E-state index is 0.117. The van der Waals surface area contributed by atoms with E-state index in [0.29, 0.717) is 53.7 Å². The molecule has 5 atom stereocenters. The summed E-state index contributed by atoms with van der Waals surface area (Å²) in [5.74, 6) is 2.50. The van der Waals surface area contributed by atoms with Crippen molar-refractivity contribution in [2.75, 3.05) is 34.7 Å². The molecule has 4 aliphatic carbocycles. The molecule has 11 nitrogen and oxygen atoms in total. The van der Waals surface area contributed by atoms with Crippen molar-refractivity contribution in [3.8, 4) is 6.07 Å². The Morgan fingerprint density at radius 1 is 1.12 bits per heavy atom. The second-order valence-corrected chi connectivity index (χ2v) is 15.1.